The molecule has 3 N–H and O–H groups in total. The van der Waals surface area contributed by atoms with Crippen LogP contribution in [0.3, 0.4) is 0 Å². The minimum Gasteiger partial charge on any atom is -0.398 e. The number of carbonyl (C=O) groups is 1. The van der Waals surface area contributed by atoms with E-state index in [9.17, 15) is 4.79 Å². The first-order chi connectivity index (χ1) is 8.59. The van der Waals surface area contributed by atoms with Gasteiger partial charge in [-0.1, -0.05) is 30.5 Å². The van der Waals surface area contributed by atoms with Crippen molar-refractivity contribution in [2.24, 2.45) is 5.92 Å². The topological polar surface area (TPSA) is 55.1 Å². The van der Waals surface area contributed by atoms with Crippen LogP contribution in [0.5, 0.6) is 0 Å². The molecule has 0 heterocycles. The Hall–Kier alpha value is -1.22. The van der Waals surface area contributed by atoms with Crippen LogP contribution in [-0.2, 0) is 0 Å². The van der Waals surface area contributed by atoms with Crippen molar-refractivity contribution < 1.29 is 4.79 Å². The number of anilines is 1. The molecule has 18 heavy (non-hydrogen) atoms. The molecular weight excluding hydrogens is 248 g/mol. The van der Waals surface area contributed by atoms with E-state index >= 15 is 0 Å². The van der Waals surface area contributed by atoms with Crippen molar-refractivity contribution in [2.45, 2.75) is 38.6 Å². The van der Waals surface area contributed by atoms with Crippen LogP contribution in [0, 0.1) is 5.92 Å². The number of nitrogen functional groups attached to an aromatic ring is 1. The van der Waals surface area contributed by atoms with Crippen LogP contribution in [0.1, 0.15) is 43.0 Å². The minimum atomic E-state index is -0.169. The monoisotopic (exact) mass is 266 g/mol. The van der Waals surface area contributed by atoms with Gasteiger partial charge in [-0.15, -0.1) is 0 Å². The Bertz CT molecular complexity index is 421. The fourth-order valence-corrected chi connectivity index (χ4v) is 2.90. The normalized spacial score (nSPS) is 17.7. The first-order valence-electron chi connectivity index (χ1n) is 6.44. The second kappa shape index (κ2) is 5.61. The van der Waals surface area contributed by atoms with E-state index in [0.29, 0.717) is 22.2 Å². The zero-order valence-corrected chi connectivity index (χ0v) is 11.3. The fraction of sp³-hybridized carbons (Fsp3) is 0.500. The second-order valence-corrected chi connectivity index (χ2v) is 5.42. The zero-order chi connectivity index (χ0) is 13.1. The Balaban J connectivity index is 2.07. The summed E-state index contributed by atoms with van der Waals surface area (Å²) in [5.41, 5.74) is 6.63. The van der Waals surface area contributed by atoms with Gasteiger partial charge in [-0.05, 0) is 37.8 Å². The third kappa shape index (κ3) is 2.78. The Morgan fingerprint density at radius 1 is 1.44 bits per heavy atom. The molecule has 0 aromatic heterocycles. The molecule has 3 nitrogen and oxygen atoms in total. The minimum absolute atomic E-state index is 0.169. The summed E-state index contributed by atoms with van der Waals surface area (Å²) < 4.78 is 0. The van der Waals surface area contributed by atoms with Gasteiger partial charge in [-0.3, -0.25) is 4.79 Å². The molecule has 1 saturated carbocycles. The van der Waals surface area contributed by atoms with Crippen LogP contribution < -0.4 is 11.1 Å². The quantitative estimate of drug-likeness (QED) is 0.826. The highest BCUT2D eigenvalue weighted by Gasteiger charge is 2.24. The number of nitrogens with one attached hydrogen (secondary N) is 1. The summed E-state index contributed by atoms with van der Waals surface area (Å²) >= 11 is 6.03. The van der Waals surface area contributed by atoms with Crippen molar-refractivity contribution in [1.29, 1.82) is 0 Å². The number of amides is 1. The van der Waals surface area contributed by atoms with Crippen LogP contribution in [0.15, 0.2) is 18.2 Å². The average molecular weight is 267 g/mol. The maximum atomic E-state index is 12.2. The predicted molar refractivity (Wildman–Crippen MR) is 74.8 cm³/mol. The summed E-state index contributed by atoms with van der Waals surface area (Å²) in [7, 11) is 0. The number of carbonyl (C=O) groups excluding carboxylic acids is 1. The number of benzene rings is 1. The van der Waals surface area contributed by atoms with E-state index in [1.807, 2.05) is 0 Å². The number of nitrogens with two attached hydrogens (primary N) is 1. The molecule has 0 radical (unpaired) electrons. The molecule has 98 valence electrons. The van der Waals surface area contributed by atoms with Gasteiger partial charge in [0.25, 0.3) is 5.91 Å². The van der Waals surface area contributed by atoms with Gasteiger partial charge in [0.05, 0.1) is 10.6 Å². The van der Waals surface area contributed by atoms with Gasteiger partial charge in [-0.25, -0.2) is 0 Å². The summed E-state index contributed by atoms with van der Waals surface area (Å²) in [5.74, 6) is 0.412. The summed E-state index contributed by atoms with van der Waals surface area (Å²) in [4.78, 5) is 12.2. The summed E-state index contributed by atoms with van der Waals surface area (Å²) in [6.45, 7) is 2.06. The van der Waals surface area contributed by atoms with Crippen molar-refractivity contribution in [3.05, 3.63) is 28.8 Å². The molecule has 2 rings (SSSR count). The van der Waals surface area contributed by atoms with Gasteiger partial charge in [0.1, 0.15) is 0 Å². The predicted octanol–water partition coefficient (Wildman–Crippen LogP) is 3.23. The third-order valence-corrected chi connectivity index (χ3v) is 4.05. The van der Waals surface area contributed by atoms with Gasteiger partial charge in [0.2, 0.25) is 0 Å². The van der Waals surface area contributed by atoms with Crippen molar-refractivity contribution in [3.63, 3.8) is 0 Å². The van der Waals surface area contributed by atoms with Gasteiger partial charge >= 0.3 is 0 Å². The molecule has 4 heteroatoms. The van der Waals surface area contributed by atoms with Gasteiger partial charge < -0.3 is 11.1 Å². The van der Waals surface area contributed by atoms with E-state index in [0.717, 1.165) is 0 Å². The average Bonchev–Trinajstić information content (AvgIpc) is 2.81. The van der Waals surface area contributed by atoms with E-state index < -0.39 is 0 Å². The molecule has 1 atom stereocenters. The van der Waals surface area contributed by atoms with E-state index in [-0.39, 0.29) is 11.9 Å². The Morgan fingerprint density at radius 2 is 2.11 bits per heavy atom. The lowest BCUT2D eigenvalue weighted by Crippen LogP contribution is -2.37. The molecule has 1 aromatic rings. The van der Waals surface area contributed by atoms with Crippen LogP contribution in [-0.4, -0.2) is 11.9 Å². The summed E-state index contributed by atoms with van der Waals surface area (Å²) in [5, 5.41) is 3.42. The molecule has 0 bridgehead atoms. The number of halogens is 1. The molecular formula is C14H19ClN2O. The highest BCUT2D eigenvalue weighted by atomic mass is 35.5. The van der Waals surface area contributed by atoms with E-state index in [1.165, 1.54) is 25.7 Å². The van der Waals surface area contributed by atoms with Crippen LogP contribution in [0.2, 0.25) is 5.02 Å². The molecule has 1 aliphatic rings. The van der Waals surface area contributed by atoms with Crippen LogP contribution in [0.4, 0.5) is 5.69 Å². The van der Waals surface area contributed by atoms with Gasteiger partial charge in [-0.2, -0.15) is 0 Å². The highest BCUT2D eigenvalue weighted by molar-refractivity contribution is 6.34. The van der Waals surface area contributed by atoms with Crippen molar-refractivity contribution in [1.82, 2.24) is 5.32 Å². The second-order valence-electron chi connectivity index (χ2n) is 5.01. The smallest absolute Gasteiger partial charge is 0.255 e. The molecule has 1 aromatic carbocycles. The lowest BCUT2D eigenvalue weighted by Gasteiger charge is -2.21. The largest absolute Gasteiger partial charge is 0.398 e. The number of rotatable bonds is 3. The Labute approximate surface area is 113 Å². The van der Waals surface area contributed by atoms with E-state index in [2.05, 4.69) is 12.2 Å². The Morgan fingerprint density at radius 3 is 2.72 bits per heavy atom. The first-order valence-corrected chi connectivity index (χ1v) is 6.82. The maximum absolute atomic E-state index is 12.2. The molecule has 0 saturated heterocycles. The third-order valence-electron chi connectivity index (χ3n) is 3.74. The van der Waals surface area contributed by atoms with E-state index in [4.69, 9.17) is 17.3 Å². The maximum Gasteiger partial charge on any atom is 0.255 e. The van der Waals surface area contributed by atoms with Gasteiger partial charge in [0, 0.05) is 11.7 Å². The molecule has 1 unspecified atom stereocenters. The van der Waals surface area contributed by atoms with E-state index in [1.54, 1.807) is 18.2 Å². The molecule has 1 fully saturated rings. The Kier molecular flexibility index (Phi) is 4.12. The lowest BCUT2D eigenvalue weighted by molar-refractivity contribution is 0.0928. The first kappa shape index (κ1) is 13.2. The van der Waals surface area contributed by atoms with Crippen LogP contribution >= 0.6 is 11.6 Å². The highest BCUT2D eigenvalue weighted by Crippen LogP contribution is 2.28. The van der Waals surface area contributed by atoms with Gasteiger partial charge in [0.15, 0.2) is 0 Å². The molecule has 0 spiro atoms. The molecule has 0 aliphatic heterocycles. The van der Waals surface area contributed by atoms with Crippen molar-refractivity contribution in [3.8, 4) is 0 Å². The fourth-order valence-electron chi connectivity index (χ4n) is 2.63. The van der Waals surface area contributed by atoms with Crippen molar-refractivity contribution >= 4 is 23.2 Å². The molecule has 1 amide bonds. The zero-order valence-electron chi connectivity index (χ0n) is 10.6. The van der Waals surface area contributed by atoms with Crippen LogP contribution in [0.25, 0.3) is 0 Å². The standard InChI is InChI=1S/C14H19ClN2O/c1-9(10-5-2-3-6-10)17-14(18)13-11(15)7-4-8-12(13)16/h4,7-10H,2-3,5-6,16H2,1H3,(H,17,18). The SMILES string of the molecule is CC(NC(=O)c1c(N)cccc1Cl)C1CCCC1. The summed E-state index contributed by atoms with van der Waals surface area (Å²) in [6.07, 6.45) is 4.91. The molecule has 1 aliphatic carbocycles. The summed E-state index contributed by atoms with van der Waals surface area (Å²) in [6, 6.07) is 5.30. The lowest BCUT2D eigenvalue weighted by atomic mass is 9.99. The number of hydrogen-bond acceptors (Lipinski definition) is 2. The van der Waals surface area contributed by atoms with Crippen molar-refractivity contribution in [2.75, 3.05) is 5.73 Å². The number of hydrogen-bond donors (Lipinski definition) is 2.